The fraction of sp³-hybridized carbons (Fsp3) is 0.600. The second-order valence-electron chi connectivity index (χ2n) is 6.59. The molecule has 0 unspecified atom stereocenters. The number of hydrogen-bond donors (Lipinski definition) is 1. The standard InChI is InChI=1S/C20H30O9S/c1-26-20(23)12-11-16-17(27-13-4-3-5-15-29-30(2,24)25)8-6-9-18(16)28-14-7-10-19(21)22/h6,8-9H,3-5,7,10-15H2,1-2H3,(H,21,22). The summed E-state index contributed by atoms with van der Waals surface area (Å²) in [6.07, 6.45) is 3.94. The van der Waals surface area contributed by atoms with Crippen molar-refractivity contribution >= 4 is 22.1 Å². The van der Waals surface area contributed by atoms with Crippen LogP contribution in [-0.2, 0) is 35.0 Å². The number of carbonyl (C=O) groups is 2. The van der Waals surface area contributed by atoms with Crippen molar-refractivity contribution in [1.29, 1.82) is 0 Å². The number of benzene rings is 1. The number of esters is 1. The van der Waals surface area contributed by atoms with E-state index in [9.17, 15) is 18.0 Å². The molecule has 1 rings (SSSR count). The molecule has 0 aliphatic heterocycles. The molecule has 0 saturated heterocycles. The van der Waals surface area contributed by atoms with E-state index in [0.29, 0.717) is 43.8 Å². The van der Waals surface area contributed by atoms with Gasteiger partial charge in [-0.3, -0.25) is 13.8 Å². The minimum absolute atomic E-state index is 0.0106. The molecule has 1 N–H and O–H groups in total. The van der Waals surface area contributed by atoms with Crippen LogP contribution in [0.15, 0.2) is 18.2 Å². The van der Waals surface area contributed by atoms with Crippen molar-refractivity contribution in [2.75, 3.05) is 33.2 Å². The van der Waals surface area contributed by atoms with Crippen LogP contribution in [0.2, 0.25) is 0 Å². The number of unbranched alkanes of at least 4 members (excludes halogenated alkanes) is 2. The Bertz CT molecular complexity index is 774. The van der Waals surface area contributed by atoms with E-state index < -0.39 is 16.1 Å². The van der Waals surface area contributed by atoms with Gasteiger partial charge in [-0.2, -0.15) is 8.42 Å². The first-order valence-corrected chi connectivity index (χ1v) is 11.5. The lowest BCUT2D eigenvalue weighted by Gasteiger charge is -2.16. The van der Waals surface area contributed by atoms with Crippen molar-refractivity contribution in [2.24, 2.45) is 0 Å². The molecule has 0 aliphatic carbocycles. The minimum Gasteiger partial charge on any atom is -0.493 e. The second kappa shape index (κ2) is 13.8. The lowest BCUT2D eigenvalue weighted by Crippen LogP contribution is -2.08. The Morgan fingerprint density at radius 1 is 0.933 bits per heavy atom. The van der Waals surface area contributed by atoms with Crippen LogP contribution < -0.4 is 9.47 Å². The first kappa shape index (κ1) is 25.7. The number of methoxy groups -OCH3 is 1. The van der Waals surface area contributed by atoms with E-state index in [1.807, 2.05) is 0 Å². The fourth-order valence-corrected chi connectivity index (χ4v) is 2.99. The highest BCUT2D eigenvalue weighted by Gasteiger charge is 2.14. The van der Waals surface area contributed by atoms with Gasteiger partial charge in [-0.05, 0) is 44.2 Å². The quantitative estimate of drug-likeness (QED) is 0.232. The molecule has 0 atom stereocenters. The molecular formula is C20H30O9S. The van der Waals surface area contributed by atoms with E-state index in [2.05, 4.69) is 4.18 Å². The molecule has 170 valence electrons. The normalized spacial score (nSPS) is 11.1. The van der Waals surface area contributed by atoms with Gasteiger partial charge in [0.2, 0.25) is 0 Å². The van der Waals surface area contributed by atoms with E-state index in [1.54, 1.807) is 18.2 Å². The van der Waals surface area contributed by atoms with Crippen molar-refractivity contribution in [3.63, 3.8) is 0 Å². The summed E-state index contributed by atoms with van der Waals surface area (Å²) in [5, 5.41) is 8.73. The average Bonchev–Trinajstić information content (AvgIpc) is 2.68. The van der Waals surface area contributed by atoms with Gasteiger partial charge in [0.15, 0.2) is 0 Å². The molecule has 0 aliphatic rings. The van der Waals surface area contributed by atoms with Crippen LogP contribution in [0.5, 0.6) is 11.5 Å². The zero-order valence-electron chi connectivity index (χ0n) is 17.4. The minimum atomic E-state index is -3.42. The molecule has 0 fully saturated rings. The second-order valence-corrected chi connectivity index (χ2v) is 8.23. The average molecular weight is 447 g/mol. The summed E-state index contributed by atoms with van der Waals surface area (Å²) in [6.45, 7) is 0.788. The molecule has 0 amide bonds. The van der Waals surface area contributed by atoms with E-state index >= 15 is 0 Å². The van der Waals surface area contributed by atoms with Crippen molar-refractivity contribution in [2.45, 2.75) is 44.9 Å². The molecule has 0 heterocycles. The first-order valence-electron chi connectivity index (χ1n) is 9.73. The van der Waals surface area contributed by atoms with E-state index in [4.69, 9.17) is 19.3 Å². The number of ether oxygens (including phenoxy) is 3. The Labute approximate surface area is 177 Å². The summed E-state index contributed by atoms with van der Waals surface area (Å²) < 4.78 is 42.8. The predicted octanol–water partition coefficient (Wildman–Crippen LogP) is 2.56. The van der Waals surface area contributed by atoms with Gasteiger partial charge in [0.05, 0.1) is 33.2 Å². The van der Waals surface area contributed by atoms with Gasteiger partial charge in [-0.15, -0.1) is 0 Å². The highest BCUT2D eigenvalue weighted by atomic mass is 32.2. The maximum atomic E-state index is 11.6. The van der Waals surface area contributed by atoms with E-state index in [1.165, 1.54) is 7.11 Å². The number of hydrogen-bond acceptors (Lipinski definition) is 8. The smallest absolute Gasteiger partial charge is 0.305 e. The number of carbonyl (C=O) groups excluding carboxylic acids is 1. The van der Waals surface area contributed by atoms with Crippen molar-refractivity contribution in [3.05, 3.63) is 23.8 Å². The van der Waals surface area contributed by atoms with Gasteiger partial charge >= 0.3 is 11.9 Å². The number of carboxylic acids is 1. The number of aliphatic carboxylic acids is 1. The Morgan fingerprint density at radius 3 is 2.10 bits per heavy atom. The maximum Gasteiger partial charge on any atom is 0.305 e. The zero-order valence-corrected chi connectivity index (χ0v) is 18.2. The van der Waals surface area contributed by atoms with E-state index in [0.717, 1.165) is 18.2 Å². The van der Waals surface area contributed by atoms with Gasteiger partial charge in [-0.1, -0.05) is 6.07 Å². The number of rotatable bonds is 16. The Kier molecular flexibility index (Phi) is 11.8. The molecule has 9 nitrogen and oxygen atoms in total. The zero-order chi connectivity index (χ0) is 22.4. The van der Waals surface area contributed by atoms with Crippen LogP contribution in [0.25, 0.3) is 0 Å². The summed E-state index contributed by atoms with van der Waals surface area (Å²) in [7, 11) is -2.09. The van der Waals surface area contributed by atoms with Crippen LogP contribution in [0.3, 0.4) is 0 Å². The van der Waals surface area contributed by atoms with Crippen molar-refractivity contribution in [1.82, 2.24) is 0 Å². The highest BCUT2D eigenvalue weighted by molar-refractivity contribution is 7.85. The maximum absolute atomic E-state index is 11.6. The molecule has 0 spiro atoms. The monoisotopic (exact) mass is 446 g/mol. The van der Waals surface area contributed by atoms with Crippen molar-refractivity contribution in [3.8, 4) is 11.5 Å². The summed E-state index contributed by atoms with van der Waals surface area (Å²) >= 11 is 0. The molecular weight excluding hydrogens is 416 g/mol. The first-order chi connectivity index (χ1) is 14.2. The molecule has 30 heavy (non-hydrogen) atoms. The van der Waals surface area contributed by atoms with Crippen LogP contribution in [0.1, 0.15) is 44.1 Å². The lowest BCUT2D eigenvalue weighted by atomic mass is 10.1. The third-order valence-corrected chi connectivity index (χ3v) is 4.63. The van der Waals surface area contributed by atoms with Crippen LogP contribution >= 0.6 is 0 Å². The Morgan fingerprint density at radius 2 is 1.53 bits per heavy atom. The van der Waals surface area contributed by atoms with E-state index in [-0.39, 0.29) is 32.0 Å². The van der Waals surface area contributed by atoms with Gasteiger partial charge < -0.3 is 19.3 Å². The third-order valence-electron chi connectivity index (χ3n) is 4.03. The third kappa shape index (κ3) is 11.6. The molecule has 1 aromatic carbocycles. The van der Waals surface area contributed by atoms with Crippen LogP contribution in [0.4, 0.5) is 0 Å². The topological polar surface area (TPSA) is 125 Å². The largest absolute Gasteiger partial charge is 0.493 e. The van der Waals surface area contributed by atoms with Gasteiger partial charge in [0.25, 0.3) is 10.1 Å². The van der Waals surface area contributed by atoms with Gasteiger partial charge in [0, 0.05) is 18.4 Å². The molecule has 0 saturated carbocycles. The summed E-state index contributed by atoms with van der Waals surface area (Å²) in [5.74, 6) is -0.110. The lowest BCUT2D eigenvalue weighted by molar-refractivity contribution is -0.140. The van der Waals surface area contributed by atoms with Gasteiger partial charge in [-0.25, -0.2) is 0 Å². The van der Waals surface area contributed by atoms with Crippen molar-refractivity contribution < 1.29 is 41.5 Å². The van der Waals surface area contributed by atoms with Gasteiger partial charge in [0.1, 0.15) is 11.5 Å². The molecule has 0 aromatic heterocycles. The highest BCUT2D eigenvalue weighted by Crippen LogP contribution is 2.30. The number of carboxylic acid groups (broad SMARTS) is 1. The predicted molar refractivity (Wildman–Crippen MR) is 109 cm³/mol. The van der Waals surface area contributed by atoms with Crippen LogP contribution in [-0.4, -0.2) is 58.6 Å². The SMILES string of the molecule is COC(=O)CCc1c(OCCCCCOS(C)(=O)=O)cccc1OCCCC(=O)O. The molecule has 0 bridgehead atoms. The molecule has 1 aromatic rings. The summed E-state index contributed by atoms with van der Waals surface area (Å²) in [5.41, 5.74) is 0.721. The Hall–Kier alpha value is -2.33. The summed E-state index contributed by atoms with van der Waals surface area (Å²) in [4.78, 5) is 22.2. The van der Waals surface area contributed by atoms with Crippen LogP contribution in [0, 0.1) is 0 Å². The molecule has 0 radical (unpaired) electrons. The molecule has 10 heteroatoms. The fourth-order valence-electron chi connectivity index (χ4n) is 2.57. The Balaban J connectivity index is 2.62. The summed E-state index contributed by atoms with van der Waals surface area (Å²) in [6, 6.07) is 5.30.